The molecule has 0 atom stereocenters. The number of guanidine groups is 1. The number of anilines is 1. The van der Waals surface area contributed by atoms with Crippen LogP contribution in [0.1, 0.15) is 48.5 Å². The number of hydrogen-bond donors (Lipinski definition) is 3. The second kappa shape index (κ2) is 11.8. The highest BCUT2D eigenvalue weighted by Crippen LogP contribution is 2.30. The SMILES string of the molecule is CCOC(=O)N[C@H]1CC[C@H](N/C(=N/C(=O)c2ccc(F)c(F)c2)Nc2cccc(C(F)(F)F)c2)CC1. The summed E-state index contributed by atoms with van der Waals surface area (Å²) < 4.78 is 71.1. The summed E-state index contributed by atoms with van der Waals surface area (Å²) in [6.07, 6.45) is -2.80. The van der Waals surface area contributed by atoms with Crippen LogP contribution >= 0.6 is 0 Å². The quantitative estimate of drug-likeness (QED) is 0.290. The molecule has 0 bridgehead atoms. The van der Waals surface area contributed by atoms with Gasteiger partial charge >= 0.3 is 12.3 Å². The summed E-state index contributed by atoms with van der Waals surface area (Å²) >= 11 is 0. The van der Waals surface area contributed by atoms with Crippen molar-refractivity contribution < 1.29 is 36.3 Å². The van der Waals surface area contributed by atoms with Crippen LogP contribution in [-0.4, -0.2) is 36.7 Å². The molecule has 0 saturated heterocycles. The Morgan fingerprint density at radius 3 is 2.25 bits per heavy atom. The number of alkyl carbamates (subject to hydrolysis) is 1. The smallest absolute Gasteiger partial charge is 0.416 e. The molecule has 3 rings (SSSR count). The van der Waals surface area contributed by atoms with Gasteiger partial charge in [0.15, 0.2) is 11.6 Å². The Kier molecular flexibility index (Phi) is 8.83. The normalized spacial score (nSPS) is 18.3. The molecule has 36 heavy (non-hydrogen) atoms. The summed E-state index contributed by atoms with van der Waals surface area (Å²) in [4.78, 5) is 28.1. The van der Waals surface area contributed by atoms with Gasteiger partial charge < -0.3 is 20.7 Å². The van der Waals surface area contributed by atoms with E-state index in [0.717, 1.165) is 24.3 Å². The Bertz CT molecular complexity index is 1120. The summed E-state index contributed by atoms with van der Waals surface area (Å²) in [5.41, 5.74) is -1.11. The third-order valence-corrected chi connectivity index (χ3v) is 5.50. The maximum Gasteiger partial charge on any atom is 0.416 e. The predicted octanol–water partition coefficient (Wildman–Crippen LogP) is 5.24. The van der Waals surface area contributed by atoms with Crippen LogP contribution in [0.3, 0.4) is 0 Å². The molecular weight excluding hydrogens is 487 g/mol. The van der Waals surface area contributed by atoms with Crippen LogP contribution in [0.4, 0.5) is 32.4 Å². The highest BCUT2D eigenvalue weighted by atomic mass is 19.4. The van der Waals surface area contributed by atoms with Crippen molar-refractivity contribution in [1.82, 2.24) is 10.6 Å². The van der Waals surface area contributed by atoms with Gasteiger partial charge in [-0.1, -0.05) is 6.07 Å². The van der Waals surface area contributed by atoms with Gasteiger partial charge in [-0.15, -0.1) is 0 Å². The molecule has 0 heterocycles. The van der Waals surface area contributed by atoms with Crippen LogP contribution in [-0.2, 0) is 10.9 Å². The van der Waals surface area contributed by atoms with Crippen LogP contribution in [0.2, 0.25) is 0 Å². The second-order valence-electron chi connectivity index (χ2n) is 8.16. The van der Waals surface area contributed by atoms with E-state index in [4.69, 9.17) is 4.74 Å². The second-order valence-corrected chi connectivity index (χ2v) is 8.16. The number of carbonyl (C=O) groups is 2. The predicted molar refractivity (Wildman–Crippen MR) is 123 cm³/mol. The first kappa shape index (κ1) is 26.9. The molecule has 2 aromatic rings. The Labute approximate surface area is 204 Å². The molecule has 0 unspecified atom stereocenters. The topological polar surface area (TPSA) is 91.8 Å². The molecule has 2 amide bonds. The lowest BCUT2D eigenvalue weighted by Crippen LogP contribution is -2.45. The van der Waals surface area contributed by atoms with Crippen molar-refractivity contribution in [2.45, 2.75) is 50.9 Å². The Morgan fingerprint density at radius 2 is 1.64 bits per heavy atom. The molecule has 1 aliphatic rings. The minimum atomic E-state index is -4.58. The number of hydrogen-bond acceptors (Lipinski definition) is 3. The first-order chi connectivity index (χ1) is 17.0. The zero-order chi connectivity index (χ0) is 26.3. The van der Waals surface area contributed by atoms with Gasteiger partial charge in [-0.2, -0.15) is 18.2 Å². The lowest BCUT2D eigenvalue weighted by molar-refractivity contribution is -0.137. The van der Waals surface area contributed by atoms with Crippen molar-refractivity contribution in [3.8, 4) is 0 Å². The molecule has 0 radical (unpaired) electrons. The molecule has 12 heteroatoms. The molecule has 194 valence electrons. The van der Waals surface area contributed by atoms with Crippen LogP contribution < -0.4 is 16.0 Å². The Morgan fingerprint density at radius 1 is 0.972 bits per heavy atom. The molecule has 7 nitrogen and oxygen atoms in total. The monoisotopic (exact) mass is 512 g/mol. The summed E-state index contributed by atoms with van der Waals surface area (Å²) in [7, 11) is 0. The number of alkyl halides is 3. The number of nitrogens with zero attached hydrogens (tertiary/aromatic N) is 1. The third-order valence-electron chi connectivity index (χ3n) is 5.50. The fourth-order valence-electron chi connectivity index (χ4n) is 3.72. The summed E-state index contributed by atoms with van der Waals surface area (Å²) in [5.74, 6) is -3.44. The first-order valence-corrected chi connectivity index (χ1v) is 11.3. The number of halogens is 5. The summed E-state index contributed by atoms with van der Waals surface area (Å²) in [6.45, 7) is 1.94. The molecule has 0 aliphatic heterocycles. The third kappa shape index (κ3) is 7.65. The van der Waals surface area contributed by atoms with E-state index in [9.17, 15) is 31.5 Å². The van der Waals surface area contributed by atoms with Crippen molar-refractivity contribution in [3.63, 3.8) is 0 Å². The van der Waals surface area contributed by atoms with Crippen LogP contribution in [0, 0.1) is 11.6 Å². The van der Waals surface area contributed by atoms with Crippen molar-refractivity contribution in [2.75, 3.05) is 11.9 Å². The lowest BCUT2D eigenvalue weighted by atomic mass is 9.91. The largest absolute Gasteiger partial charge is 0.450 e. The highest BCUT2D eigenvalue weighted by molar-refractivity contribution is 6.06. The van der Waals surface area contributed by atoms with Crippen molar-refractivity contribution in [2.24, 2.45) is 4.99 Å². The van der Waals surface area contributed by atoms with Gasteiger partial charge in [-0.25, -0.2) is 13.6 Å². The molecular formula is C24H25F5N4O3. The highest BCUT2D eigenvalue weighted by Gasteiger charge is 2.30. The zero-order valence-corrected chi connectivity index (χ0v) is 19.3. The minimum Gasteiger partial charge on any atom is -0.450 e. The summed E-state index contributed by atoms with van der Waals surface area (Å²) in [6, 6.07) is 6.53. The molecule has 1 fully saturated rings. The molecule has 2 aromatic carbocycles. The standard InChI is InChI=1S/C24H25F5N4O3/c1-2-36-23(35)32-17-9-7-16(8-10-17)30-22(31-18-5-3-4-15(13-18)24(27,28)29)33-21(34)14-6-11-19(25)20(26)12-14/h3-6,11-13,16-17H,2,7-10H2,1H3,(H,32,35)(H2,30,31,33,34)/t16-,17-. The minimum absolute atomic E-state index is 0.0202. The number of carbonyl (C=O) groups excluding carboxylic acids is 2. The van der Waals surface area contributed by atoms with Crippen LogP contribution in [0.25, 0.3) is 0 Å². The fourth-order valence-corrected chi connectivity index (χ4v) is 3.72. The van der Waals surface area contributed by atoms with Gasteiger partial charge in [-0.05, 0) is 69.0 Å². The van der Waals surface area contributed by atoms with Crippen LogP contribution in [0.15, 0.2) is 47.5 Å². The van der Waals surface area contributed by atoms with E-state index in [1.807, 2.05) is 0 Å². The van der Waals surface area contributed by atoms with Gasteiger partial charge in [0.25, 0.3) is 5.91 Å². The number of nitrogens with one attached hydrogen (secondary N) is 3. The van der Waals surface area contributed by atoms with Crippen molar-refractivity contribution in [1.29, 1.82) is 0 Å². The van der Waals surface area contributed by atoms with E-state index in [-0.39, 0.29) is 35.9 Å². The van der Waals surface area contributed by atoms with Gasteiger partial charge in [0, 0.05) is 23.3 Å². The van der Waals surface area contributed by atoms with E-state index >= 15 is 0 Å². The van der Waals surface area contributed by atoms with Gasteiger partial charge in [-0.3, -0.25) is 4.79 Å². The number of rotatable bonds is 5. The molecule has 1 aliphatic carbocycles. The average Bonchev–Trinajstić information content (AvgIpc) is 2.82. The lowest BCUT2D eigenvalue weighted by Gasteiger charge is -2.30. The fraction of sp³-hybridized carbons (Fsp3) is 0.375. The van der Waals surface area contributed by atoms with E-state index < -0.39 is 35.4 Å². The Hall–Kier alpha value is -3.70. The van der Waals surface area contributed by atoms with E-state index in [2.05, 4.69) is 20.9 Å². The van der Waals surface area contributed by atoms with E-state index in [1.165, 1.54) is 12.1 Å². The first-order valence-electron chi connectivity index (χ1n) is 11.3. The maximum atomic E-state index is 13.6. The van der Waals surface area contributed by atoms with E-state index in [1.54, 1.807) is 6.92 Å². The van der Waals surface area contributed by atoms with Gasteiger partial charge in [0.05, 0.1) is 12.2 Å². The average molecular weight is 512 g/mol. The number of aliphatic imine (C=N–C) groups is 1. The zero-order valence-electron chi connectivity index (χ0n) is 19.3. The van der Waals surface area contributed by atoms with Gasteiger partial charge in [0.1, 0.15) is 0 Å². The Balaban J connectivity index is 1.77. The number of amides is 2. The number of ether oxygens (including phenoxy) is 1. The molecule has 0 aromatic heterocycles. The maximum absolute atomic E-state index is 13.6. The molecule has 1 saturated carbocycles. The van der Waals surface area contributed by atoms with Crippen molar-refractivity contribution in [3.05, 3.63) is 65.2 Å². The summed E-state index contributed by atoms with van der Waals surface area (Å²) in [5, 5.41) is 8.46. The molecule has 3 N–H and O–H groups in total. The van der Waals surface area contributed by atoms with Gasteiger partial charge in [0.2, 0.25) is 5.96 Å². The number of benzene rings is 2. The molecule has 0 spiro atoms. The van der Waals surface area contributed by atoms with E-state index in [0.29, 0.717) is 31.7 Å². The van der Waals surface area contributed by atoms with Crippen molar-refractivity contribution >= 4 is 23.6 Å². The van der Waals surface area contributed by atoms with Crippen LogP contribution in [0.5, 0.6) is 0 Å².